The number of nitrogens with two attached hydrogens (primary N) is 2. The van der Waals surface area contributed by atoms with Crippen molar-refractivity contribution in [3.05, 3.63) is 29.8 Å². The SMILES string of the molecule is Nc1ccc2c(c1)N(N)CC=C2. The molecule has 0 amide bonds. The van der Waals surface area contributed by atoms with Crippen LogP contribution in [0.3, 0.4) is 0 Å². The number of hydrogen-bond acceptors (Lipinski definition) is 3. The van der Waals surface area contributed by atoms with Gasteiger partial charge in [-0.25, -0.2) is 5.84 Å². The maximum Gasteiger partial charge on any atom is 0.0613 e. The van der Waals surface area contributed by atoms with Gasteiger partial charge in [-0.1, -0.05) is 18.2 Å². The zero-order valence-corrected chi connectivity index (χ0v) is 6.70. The summed E-state index contributed by atoms with van der Waals surface area (Å²) in [4.78, 5) is 0. The maximum absolute atomic E-state index is 5.74. The fourth-order valence-electron chi connectivity index (χ4n) is 1.34. The van der Waals surface area contributed by atoms with Crippen molar-refractivity contribution in [1.29, 1.82) is 0 Å². The Morgan fingerprint density at radius 3 is 3.00 bits per heavy atom. The first-order chi connectivity index (χ1) is 5.77. The number of fused-ring (bicyclic) bond motifs is 1. The van der Waals surface area contributed by atoms with Crippen LogP contribution in [0.5, 0.6) is 0 Å². The average molecular weight is 161 g/mol. The molecule has 2 rings (SSSR count). The molecule has 1 aliphatic rings. The first-order valence-corrected chi connectivity index (χ1v) is 3.85. The molecule has 0 aromatic heterocycles. The smallest absolute Gasteiger partial charge is 0.0613 e. The third-order valence-electron chi connectivity index (χ3n) is 1.96. The van der Waals surface area contributed by atoms with Crippen LogP contribution in [0, 0.1) is 0 Å². The lowest BCUT2D eigenvalue weighted by atomic mass is 10.1. The number of hydrazine groups is 1. The molecule has 1 heterocycles. The van der Waals surface area contributed by atoms with E-state index in [-0.39, 0.29) is 0 Å². The van der Waals surface area contributed by atoms with Crippen molar-refractivity contribution >= 4 is 17.5 Å². The van der Waals surface area contributed by atoms with E-state index in [2.05, 4.69) is 6.08 Å². The minimum atomic E-state index is 0.746. The minimum Gasteiger partial charge on any atom is -0.399 e. The standard InChI is InChI=1S/C9H11N3/c10-8-4-3-7-2-1-5-12(11)9(7)6-8/h1-4,6H,5,10-11H2. The van der Waals surface area contributed by atoms with E-state index < -0.39 is 0 Å². The normalized spacial score (nSPS) is 14.6. The van der Waals surface area contributed by atoms with Gasteiger partial charge in [0.25, 0.3) is 0 Å². The van der Waals surface area contributed by atoms with E-state index in [9.17, 15) is 0 Å². The fraction of sp³-hybridized carbons (Fsp3) is 0.111. The third-order valence-corrected chi connectivity index (χ3v) is 1.96. The van der Waals surface area contributed by atoms with Gasteiger partial charge < -0.3 is 10.7 Å². The van der Waals surface area contributed by atoms with Crippen LogP contribution in [0.2, 0.25) is 0 Å². The van der Waals surface area contributed by atoms with Gasteiger partial charge in [0.15, 0.2) is 0 Å². The number of nitrogens with zero attached hydrogens (tertiary/aromatic N) is 1. The highest BCUT2D eigenvalue weighted by atomic mass is 15.4. The summed E-state index contributed by atoms with van der Waals surface area (Å²) in [5.41, 5.74) is 8.51. The van der Waals surface area contributed by atoms with E-state index in [1.54, 1.807) is 5.01 Å². The molecule has 0 bridgehead atoms. The molecule has 0 radical (unpaired) electrons. The predicted molar refractivity (Wildman–Crippen MR) is 51.4 cm³/mol. The third kappa shape index (κ3) is 1.04. The van der Waals surface area contributed by atoms with Crippen LogP contribution in [-0.4, -0.2) is 6.54 Å². The quantitative estimate of drug-likeness (QED) is 0.440. The Morgan fingerprint density at radius 2 is 2.17 bits per heavy atom. The molecule has 0 unspecified atom stereocenters. The molecule has 1 aromatic rings. The second-order valence-corrected chi connectivity index (χ2v) is 2.87. The first-order valence-electron chi connectivity index (χ1n) is 3.85. The molecule has 0 saturated heterocycles. The van der Waals surface area contributed by atoms with Crippen molar-refractivity contribution in [2.24, 2.45) is 5.84 Å². The maximum atomic E-state index is 5.74. The van der Waals surface area contributed by atoms with E-state index in [1.807, 2.05) is 24.3 Å². The number of anilines is 2. The summed E-state index contributed by atoms with van der Waals surface area (Å²) in [6, 6.07) is 5.74. The van der Waals surface area contributed by atoms with Gasteiger partial charge >= 0.3 is 0 Å². The summed E-state index contributed by atoms with van der Waals surface area (Å²) in [6.07, 6.45) is 4.08. The van der Waals surface area contributed by atoms with Crippen molar-refractivity contribution in [3.63, 3.8) is 0 Å². The Kier molecular flexibility index (Phi) is 1.52. The van der Waals surface area contributed by atoms with Crippen LogP contribution in [0.1, 0.15) is 5.56 Å². The molecule has 1 aromatic carbocycles. The van der Waals surface area contributed by atoms with Crippen molar-refractivity contribution in [3.8, 4) is 0 Å². The van der Waals surface area contributed by atoms with E-state index in [0.29, 0.717) is 0 Å². The Bertz CT molecular complexity index is 331. The largest absolute Gasteiger partial charge is 0.399 e. The molecular weight excluding hydrogens is 150 g/mol. The molecule has 0 saturated carbocycles. The van der Waals surface area contributed by atoms with Gasteiger partial charge in [-0.3, -0.25) is 0 Å². The zero-order valence-electron chi connectivity index (χ0n) is 6.70. The molecule has 12 heavy (non-hydrogen) atoms. The predicted octanol–water partition coefficient (Wildman–Crippen LogP) is 0.976. The molecule has 0 aliphatic carbocycles. The molecule has 3 nitrogen and oxygen atoms in total. The summed E-state index contributed by atoms with van der Waals surface area (Å²) < 4.78 is 0. The highest BCUT2D eigenvalue weighted by Crippen LogP contribution is 2.25. The second kappa shape index (κ2) is 2.53. The summed E-state index contributed by atoms with van der Waals surface area (Å²) in [5, 5.41) is 1.69. The van der Waals surface area contributed by atoms with Gasteiger partial charge in [-0.05, 0) is 17.7 Å². The van der Waals surface area contributed by atoms with Gasteiger partial charge in [-0.15, -0.1) is 0 Å². The molecule has 0 spiro atoms. The summed E-state index contributed by atoms with van der Waals surface area (Å²) >= 11 is 0. The lowest BCUT2D eigenvalue weighted by Gasteiger charge is -2.22. The molecular formula is C9H11N3. The van der Waals surface area contributed by atoms with Crippen LogP contribution in [0.25, 0.3) is 6.08 Å². The van der Waals surface area contributed by atoms with Gasteiger partial charge in [0, 0.05) is 5.69 Å². The monoisotopic (exact) mass is 161 g/mol. The van der Waals surface area contributed by atoms with Crippen molar-refractivity contribution in [2.45, 2.75) is 0 Å². The number of nitrogen functional groups attached to an aromatic ring is 1. The van der Waals surface area contributed by atoms with Crippen LogP contribution in [0.4, 0.5) is 11.4 Å². The Hall–Kier alpha value is -1.48. The lowest BCUT2D eigenvalue weighted by molar-refractivity contribution is 0.932. The number of benzene rings is 1. The summed E-state index contributed by atoms with van der Waals surface area (Å²) in [5.74, 6) is 5.74. The molecule has 3 heteroatoms. The van der Waals surface area contributed by atoms with E-state index in [1.165, 1.54) is 0 Å². The van der Waals surface area contributed by atoms with Crippen LogP contribution >= 0.6 is 0 Å². The van der Waals surface area contributed by atoms with Crippen molar-refractivity contribution in [2.75, 3.05) is 17.3 Å². The highest BCUT2D eigenvalue weighted by molar-refractivity contribution is 5.73. The number of hydrogen-bond donors (Lipinski definition) is 2. The topological polar surface area (TPSA) is 55.3 Å². The molecule has 0 fully saturated rings. The van der Waals surface area contributed by atoms with E-state index in [4.69, 9.17) is 11.6 Å². The van der Waals surface area contributed by atoms with Gasteiger partial charge in [0.1, 0.15) is 0 Å². The van der Waals surface area contributed by atoms with E-state index in [0.717, 1.165) is 23.5 Å². The first kappa shape index (κ1) is 7.18. The van der Waals surface area contributed by atoms with Crippen molar-refractivity contribution < 1.29 is 0 Å². The van der Waals surface area contributed by atoms with Crippen molar-refractivity contribution in [1.82, 2.24) is 0 Å². The average Bonchev–Trinajstić information content (AvgIpc) is 2.07. The molecule has 1 aliphatic heterocycles. The Morgan fingerprint density at radius 1 is 1.33 bits per heavy atom. The lowest BCUT2D eigenvalue weighted by Crippen LogP contribution is -2.32. The molecule has 0 atom stereocenters. The Labute approximate surface area is 71.2 Å². The van der Waals surface area contributed by atoms with E-state index >= 15 is 0 Å². The van der Waals surface area contributed by atoms with Gasteiger partial charge in [0.05, 0.1) is 12.2 Å². The summed E-state index contributed by atoms with van der Waals surface area (Å²) in [6.45, 7) is 0.746. The van der Waals surface area contributed by atoms with Crippen LogP contribution in [0.15, 0.2) is 24.3 Å². The van der Waals surface area contributed by atoms with Gasteiger partial charge in [-0.2, -0.15) is 0 Å². The van der Waals surface area contributed by atoms with Crippen LogP contribution in [-0.2, 0) is 0 Å². The Balaban J connectivity index is 2.56. The molecule has 62 valence electrons. The number of rotatable bonds is 0. The minimum absolute atomic E-state index is 0.746. The highest BCUT2D eigenvalue weighted by Gasteiger charge is 2.08. The van der Waals surface area contributed by atoms with Gasteiger partial charge in [0.2, 0.25) is 0 Å². The fourth-order valence-corrected chi connectivity index (χ4v) is 1.34. The van der Waals surface area contributed by atoms with Crippen LogP contribution < -0.4 is 16.6 Å². The summed E-state index contributed by atoms with van der Waals surface area (Å²) in [7, 11) is 0. The zero-order chi connectivity index (χ0) is 8.55. The second-order valence-electron chi connectivity index (χ2n) is 2.87. The molecule has 4 N–H and O–H groups in total.